The van der Waals surface area contributed by atoms with Gasteiger partial charge in [0.15, 0.2) is 0 Å². The van der Waals surface area contributed by atoms with Crippen LogP contribution >= 0.6 is 0 Å². The summed E-state index contributed by atoms with van der Waals surface area (Å²) in [6.45, 7) is 8.69. The number of hydrogen-bond acceptors (Lipinski definition) is 2. The van der Waals surface area contributed by atoms with Crippen molar-refractivity contribution >= 4 is 19.6 Å². The van der Waals surface area contributed by atoms with E-state index in [2.05, 4.69) is 31.1 Å². The van der Waals surface area contributed by atoms with E-state index in [9.17, 15) is 4.79 Å². The molecule has 0 aliphatic heterocycles. The highest BCUT2D eigenvalue weighted by atomic mass is 28.3. The molecule has 1 aromatic rings. The molecule has 0 unspecified atom stereocenters. The van der Waals surface area contributed by atoms with Crippen LogP contribution < -0.4 is 0 Å². The Morgan fingerprint density at radius 2 is 1.89 bits per heavy atom. The SMILES string of the molecule is CCOC(=O)/C=C(\C#C[Si](C)(C)C)c1ccccc1. The fourth-order valence-electron chi connectivity index (χ4n) is 1.37. The van der Waals surface area contributed by atoms with Gasteiger partial charge in [-0.2, -0.15) is 0 Å². The average molecular weight is 272 g/mol. The van der Waals surface area contributed by atoms with E-state index in [4.69, 9.17) is 4.74 Å². The summed E-state index contributed by atoms with van der Waals surface area (Å²) in [6.07, 6.45) is 1.48. The van der Waals surface area contributed by atoms with Crippen LogP contribution in [-0.4, -0.2) is 20.7 Å². The molecule has 0 atom stereocenters. The van der Waals surface area contributed by atoms with Gasteiger partial charge in [-0.05, 0) is 12.5 Å². The Morgan fingerprint density at radius 1 is 1.26 bits per heavy atom. The predicted octanol–water partition coefficient (Wildman–Crippen LogP) is 3.51. The maximum Gasteiger partial charge on any atom is 0.332 e. The lowest BCUT2D eigenvalue weighted by Crippen LogP contribution is -2.16. The van der Waals surface area contributed by atoms with Crippen LogP contribution in [0.4, 0.5) is 0 Å². The van der Waals surface area contributed by atoms with E-state index in [0.29, 0.717) is 6.61 Å². The molecule has 1 aromatic carbocycles. The van der Waals surface area contributed by atoms with Gasteiger partial charge in [0.25, 0.3) is 0 Å². The van der Waals surface area contributed by atoms with Crippen LogP contribution in [0.15, 0.2) is 36.4 Å². The molecule has 0 amide bonds. The monoisotopic (exact) mass is 272 g/mol. The van der Waals surface area contributed by atoms with E-state index in [1.807, 2.05) is 30.3 Å². The smallest absolute Gasteiger partial charge is 0.332 e. The molecule has 0 N–H and O–H groups in total. The minimum absolute atomic E-state index is 0.341. The summed E-state index contributed by atoms with van der Waals surface area (Å²) in [5.74, 6) is 2.80. The number of benzene rings is 1. The number of esters is 1. The Balaban J connectivity index is 3.11. The van der Waals surface area contributed by atoms with Gasteiger partial charge >= 0.3 is 5.97 Å². The Kier molecular flexibility index (Phi) is 5.59. The van der Waals surface area contributed by atoms with Crippen LogP contribution in [0.25, 0.3) is 5.57 Å². The molecule has 2 nitrogen and oxygen atoms in total. The number of carbonyl (C=O) groups excluding carboxylic acids is 1. The predicted molar refractivity (Wildman–Crippen MR) is 82.2 cm³/mol. The van der Waals surface area contributed by atoms with Crippen molar-refractivity contribution in [3.05, 3.63) is 42.0 Å². The fourth-order valence-corrected chi connectivity index (χ4v) is 1.88. The number of hydrogen-bond donors (Lipinski definition) is 0. The summed E-state index contributed by atoms with van der Waals surface area (Å²) in [5.41, 5.74) is 4.95. The summed E-state index contributed by atoms with van der Waals surface area (Å²) < 4.78 is 4.95. The first kappa shape index (κ1) is 15.3. The number of carbonyl (C=O) groups is 1. The van der Waals surface area contributed by atoms with E-state index in [1.165, 1.54) is 6.08 Å². The third-order valence-electron chi connectivity index (χ3n) is 2.21. The fraction of sp³-hybridized carbons (Fsp3) is 0.312. The molecule has 0 bridgehead atoms. The van der Waals surface area contributed by atoms with Crippen molar-refractivity contribution in [1.82, 2.24) is 0 Å². The number of ether oxygens (including phenoxy) is 1. The molecule has 0 saturated carbocycles. The molecule has 0 aliphatic carbocycles. The molecule has 0 fully saturated rings. The zero-order valence-electron chi connectivity index (χ0n) is 12.0. The van der Waals surface area contributed by atoms with E-state index in [0.717, 1.165) is 11.1 Å². The van der Waals surface area contributed by atoms with E-state index in [-0.39, 0.29) is 5.97 Å². The maximum absolute atomic E-state index is 11.6. The maximum atomic E-state index is 11.6. The van der Waals surface area contributed by atoms with Crippen molar-refractivity contribution < 1.29 is 9.53 Å². The highest BCUT2D eigenvalue weighted by molar-refractivity contribution is 6.84. The summed E-state index contributed by atoms with van der Waals surface area (Å²) in [6, 6.07) is 9.71. The largest absolute Gasteiger partial charge is 0.463 e. The van der Waals surface area contributed by atoms with E-state index in [1.54, 1.807) is 6.92 Å². The zero-order valence-corrected chi connectivity index (χ0v) is 13.0. The van der Waals surface area contributed by atoms with Gasteiger partial charge in [0.2, 0.25) is 0 Å². The zero-order chi connectivity index (χ0) is 14.3. The number of rotatable bonds is 3. The molecule has 0 aromatic heterocycles. The van der Waals surface area contributed by atoms with Crippen molar-refractivity contribution in [1.29, 1.82) is 0 Å². The molecule has 1 rings (SSSR count). The molecular weight excluding hydrogens is 252 g/mol. The quantitative estimate of drug-likeness (QED) is 0.364. The average Bonchev–Trinajstić information content (AvgIpc) is 2.35. The third-order valence-corrected chi connectivity index (χ3v) is 3.08. The second-order valence-electron chi connectivity index (χ2n) is 5.18. The lowest BCUT2D eigenvalue weighted by Gasteiger charge is -2.05. The third kappa shape index (κ3) is 6.07. The molecule has 19 heavy (non-hydrogen) atoms. The molecule has 0 radical (unpaired) electrons. The van der Waals surface area contributed by atoms with Crippen LogP contribution in [0.1, 0.15) is 12.5 Å². The number of allylic oxidation sites excluding steroid dienone is 1. The van der Waals surface area contributed by atoms with E-state index < -0.39 is 8.07 Å². The summed E-state index contributed by atoms with van der Waals surface area (Å²) in [4.78, 5) is 11.6. The first-order valence-corrected chi connectivity index (χ1v) is 9.89. The van der Waals surface area contributed by atoms with Gasteiger partial charge in [-0.15, -0.1) is 5.54 Å². The van der Waals surface area contributed by atoms with Crippen molar-refractivity contribution in [2.75, 3.05) is 6.61 Å². The Hall–Kier alpha value is -1.79. The van der Waals surface area contributed by atoms with Crippen molar-refractivity contribution in [3.63, 3.8) is 0 Å². The molecule has 0 spiro atoms. The Morgan fingerprint density at radius 3 is 2.42 bits per heavy atom. The molecular formula is C16H20O2Si. The lowest BCUT2D eigenvalue weighted by molar-refractivity contribution is -0.137. The molecule has 3 heteroatoms. The van der Waals surface area contributed by atoms with Crippen LogP contribution in [-0.2, 0) is 9.53 Å². The van der Waals surface area contributed by atoms with Crippen LogP contribution in [0.5, 0.6) is 0 Å². The lowest BCUT2D eigenvalue weighted by atomic mass is 10.1. The molecule has 100 valence electrons. The normalized spacial score (nSPS) is 11.5. The summed E-state index contributed by atoms with van der Waals surface area (Å²) >= 11 is 0. The highest BCUT2D eigenvalue weighted by Gasteiger charge is 2.09. The standard InChI is InChI=1S/C16H20O2Si/c1-5-18-16(17)13-15(11-12-19(2,3)4)14-9-7-6-8-10-14/h6-10,13H,5H2,1-4H3/b15-13+. The van der Waals surface area contributed by atoms with Crippen LogP contribution in [0.2, 0.25) is 19.6 Å². The molecule has 0 saturated heterocycles. The minimum Gasteiger partial charge on any atom is -0.463 e. The van der Waals surface area contributed by atoms with Gasteiger partial charge in [-0.25, -0.2) is 4.79 Å². The first-order chi connectivity index (χ1) is 8.92. The van der Waals surface area contributed by atoms with Gasteiger partial charge < -0.3 is 4.74 Å². The minimum atomic E-state index is -1.48. The van der Waals surface area contributed by atoms with Crippen LogP contribution in [0, 0.1) is 11.5 Å². The van der Waals surface area contributed by atoms with Gasteiger partial charge in [0.1, 0.15) is 8.07 Å². The Bertz CT molecular complexity index is 513. The molecule has 0 heterocycles. The van der Waals surface area contributed by atoms with Gasteiger partial charge in [0.05, 0.1) is 6.61 Å². The van der Waals surface area contributed by atoms with Crippen molar-refractivity contribution in [3.8, 4) is 11.5 Å². The molecule has 0 aliphatic rings. The van der Waals surface area contributed by atoms with Gasteiger partial charge in [0, 0.05) is 11.6 Å². The highest BCUT2D eigenvalue weighted by Crippen LogP contribution is 2.14. The first-order valence-electron chi connectivity index (χ1n) is 6.39. The van der Waals surface area contributed by atoms with Crippen molar-refractivity contribution in [2.45, 2.75) is 26.6 Å². The van der Waals surface area contributed by atoms with E-state index >= 15 is 0 Å². The van der Waals surface area contributed by atoms with Crippen LogP contribution in [0.3, 0.4) is 0 Å². The Labute approximate surface area is 116 Å². The second kappa shape index (κ2) is 6.96. The summed E-state index contributed by atoms with van der Waals surface area (Å²) in [5, 5.41) is 0. The topological polar surface area (TPSA) is 26.3 Å². The van der Waals surface area contributed by atoms with Gasteiger partial charge in [-0.3, -0.25) is 0 Å². The van der Waals surface area contributed by atoms with Gasteiger partial charge in [-0.1, -0.05) is 55.9 Å². The summed E-state index contributed by atoms with van der Waals surface area (Å²) in [7, 11) is -1.48. The van der Waals surface area contributed by atoms with Crippen molar-refractivity contribution in [2.24, 2.45) is 0 Å². The second-order valence-corrected chi connectivity index (χ2v) is 9.93.